The zero-order chi connectivity index (χ0) is 7.40. The summed E-state index contributed by atoms with van der Waals surface area (Å²) in [5.41, 5.74) is 0.523. The Hall–Kier alpha value is 0.836. The van der Waals surface area contributed by atoms with Crippen molar-refractivity contribution in [2.75, 3.05) is 0 Å². The zero-order valence-electron chi connectivity index (χ0n) is 6.15. The van der Waals surface area contributed by atoms with E-state index in [2.05, 4.69) is 0 Å². The van der Waals surface area contributed by atoms with Gasteiger partial charge in [0, 0.05) is 5.56 Å². The minimum absolute atomic E-state index is 0. The van der Waals surface area contributed by atoms with Crippen molar-refractivity contribution in [3.8, 4) is 0 Å². The molecule has 0 N–H and O–H groups in total. The number of hydrogen-bond donors (Lipinski definition) is 0. The van der Waals surface area contributed by atoms with Crippen LogP contribution < -0.4 is 51.4 Å². The predicted octanol–water partition coefficient (Wildman–Crippen LogP) is -0.683. The first kappa shape index (κ1) is 11.8. The van der Waals surface area contributed by atoms with Crippen molar-refractivity contribution in [3.05, 3.63) is 41.0 Å². The predicted molar refractivity (Wildman–Crippen MR) is 41.7 cm³/mol. The molecule has 1 radical (unpaired) electrons. The van der Waals surface area contributed by atoms with Gasteiger partial charge in [-0.25, -0.2) is 11.9 Å². The molecule has 1 aromatic rings. The molecule has 0 aliphatic rings. The third-order valence-corrected chi connectivity index (χ3v) is 1.49. The molecule has 0 aliphatic heterocycles. The molecule has 0 bridgehead atoms. The number of hydrogen-bond acceptors (Lipinski definition) is 2. The first-order valence-corrected chi connectivity index (χ1v) is 3.52. The summed E-state index contributed by atoms with van der Waals surface area (Å²) in [4.78, 5) is 10.7. The second-order valence-corrected chi connectivity index (χ2v) is 2.30. The topological polar surface area (TPSA) is 39.4 Å². The van der Waals surface area contributed by atoms with Crippen molar-refractivity contribution in [1.82, 2.24) is 0 Å². The van der Waals surface area contributed by atoms with E-state index in [9.17, 15) is 4.79 Å². The molecule has 0 aromatic heterocycles. The van der Waals surface area contributed by atoms with Gasteiger partial charge in [0.25, 0.3) is 0 Å². The van der Waals surface area contributed by atoms with E-state index in [1.54, 1.807) is 24.3 Å². The molecule has 11 heavy (non-hydrogen) atoms. The van der Waals surface area contributed by atoms with Crippen LogP contribution in [0, 0.1) is 0 Å². The fraction of sp³-hybridized carbons (Fsp3) is 0. The SMILES string of the molecule is [K+].[N-]SC(=O)c1ccccc1. The van der Waals surface area contributed by atoms with Crippen LogP contribution in [0.25, 0.3) is 5.14 Å². The van der Waals surface area contributed by atoms with Gasteiger partial charge in [-0.3, -0.25) is 4.79 Å². The molecule has 0 unspecified atom stereocenters. The van der Waals surface area contributed by atoms with Gasteiger partial charge in [0.1, 0.15) is 0 Å². The third-order valence-electron chi connectivity index (χ3n) is 1.09. The zero-order valence-corrected chi connectivity index (χ0v) is 10.1. The molecule has 0 amide bonds. The Balaban J connectivity index is 0.000001000. The van der Waals surface area contributed by atoms with E-state index in [-0.39, 0.29) is 68.4 Å². The van der Waals surface area contributed by atoms with Crippen molar-refractivity contribution < 1.29 is 56.2 Å². The molecule has 0 saturated carbocycles. The van der Waals surface area contributed by atoms with E-state index in [0.29, 0.717) is 5.56 Å². The second kappa shape index (κ2) is 6.36. The van der Waals surface area contributed by atoms with Crippen LogP contribution in [0.2, 0.25) is 0 Å². The van der Waals surface area contributed by atoms with Crippen molar-refractivity contribution in [3.63, 3.8) is 0 Å². The molecule has 51 valence electrons. The van der Waals surface area contributed by atoms with Crippen LogP contribution in [0.5, 0.6) is 0 Å². The quantitative estimate of drug-likeness (QED) is 0.435. The Morgan fingerprint density at radius 1 is 1.27 bits per heavy atom. The fourth-order valence-corrected chi connectivity index (χ4v) is 0.868. The Kier molecular flexibility index (Phi) is 6.85. The van der Waals surface area contributed by atoms with Crippen molar-refractivity contribution in [1.29, 1.82) is 0 Å². The molecule has 0 spiro atoms. The van der Waals surface area contributed by atoms with Gasteiger partial charge in [-0.1, -0.05) is 30.3 Å². The summed E-state index contributed by atoms with van der Waals surface area (Å²) in [6.07, 6.45) is 0. The number of benzene rings is 1. The molecular weight excluding hydrogens is 185 g/mol. The summed E-state index contributed by atoms with van der Waals surface area (Å²) in [5, 5.41) is 8.04. The summed E-state index contributed by atoms with van der Waals surface area (Å²) >= 11 is 0.239. The van der Waals surface area contributed by atoms with E-state index in [4.69, 9.17) is 5.14 Å². The number of carbonyl (C=O) groups is 1. The summed E-state index contributed by atoms with van der Waals surface area (Å²) in [5.74, 6) is 0. The van der Waals surface area contributed by atoms with E-state index in [0.717, 1.165) is 0 Å². The van der Waals surface area contributed by atoms with Gasteiger partial charge in [0.2, 0.25) is 0 Å². The third kappa shape index (κ3) is 3.84. The maximum absolute atomic E-state index is 10.7. The van der Waals surface area contributed by atoms with Crippen LogP contribution in [0.3, 0.4) is 0 Å². The van der Waals surface area contributed by atoms with E-state index in [1.807, 2.05) is 6.07 Å². The first-order chi connectivity index (χ1) is 4.84. The van der Waals surface area contributed by atoms with Crippen LogP contribution in [-0.4, -0.2) is 5.12 Å². The van der Waals surface area contributed by atoms with Gasteiger partial charge in [-0.15, -0.1) is 0 Å². The van der Waals surface area contributed by atoms with Gasteiger partial charge in [0.15, 0.2) is 5.12 Å². The Morgan fingerprint density at radius 3 is 2.27 bits per heavy atom. The molecule has 1 aromatic carbocycles. The fourth-order valence-electron chi connectivity index (χ4n) is 0.627. The van der Waals surface area contributed by atoms with Crippen LogP contribution in [0.4, 0.5) is 0 Å². The van der Waals surface area contributed by atoms with Gasteiger partial charge in [-0.05, 0) is 0 Å². The molecule has 4 heteroatoms. The normalized spacial score (nSPS) is 8.45. The summed E-state index contributed by atoms with van der Waals surface area (Å²) in [6, 6.07) is 8.64. The van der Waals surface area contributed by atoms with E-state index in [1.165, 1.54) is 0 Å². The van der Waals surface area contributed by atoms with Crippen molar-refractivity contribution in [2.45, 2.75) is 0 Å². The Morgan fingerprint density at radius 2 is 1.82 bits per heavy atom. The monoisotopic (exact) mass is 190 g/mol. The maximum atomic E-state index is 10.7. The molecule has 1 rings (SSSR count). The van der Waals surface area contributed by atoms with Crippen molar-refractivity contribution in [2.24, 2.45) is 0 Å². The van der Waals surface area contributed by atoms with E-state index >= 15 is 0 Å². The first-order valence-electron chi connectivity index (χ1n) is 2.75. The second-order valence-electron chi connectivity index (χ2n) is 1.74. The minimum Gasteiger partial charge on any atom is -0.736 e. The molecule has 0 aliphatic carbocycles. The number of nitrogens with zero attached hydrogens (tertiary/aromatic N) is 1. The Bertz CT molecular complexity index is 227. The molecule has 2 nitrogen and oxygen atoms in total. The van der Waals surface area contributed by atoms with E-state index < -0.39 is 0 Å². The summed E-state index contributed by atoms with van der Waals surface area (Å²) < 4.78 is 0. The Labute approximate surface area is 112 Å². The molecular formula is C7H5KNOS. The average Bonchev–Trinajstić information content (AvgIpc) is 2.05. The van der Waals surface area contributed by atoms with Crippen molar-refractivity contribution >= 4 is 17.1 Å². The molecule has 0 atom stereocenters. The summed E-state index contributed by atoms with van der Waals surface area (Å²) in [6.45, 7) is 0. The largest absolute Gasteiger partial charge is 1.00 e. The molecule has 0 fully saturated rings. The van der Waals surface area contributed by atoms with Gasteiger partial charge in [-0.2, -0.15) is 0 Å². The van der Waals surface area contributed by atoms with Crippen LogP contribution >= 0.6 is 11.9 Å². The van der Waals surface area contributed by atoms with Crippen LogP contribution in [0.15, 0.2) is 30.3 Å². The molecule has 0 heterocycles. The smallest absolute Gasteiger partial charge is 0.736 e. The van der Waals surface area contributed by atoms with Gasteiger partial charge >= 0.3 is 51.4 Å². The maximum Gasteiger partial charge on any atom is 1.00 e. The van der Waals surface area contributed by atoms with Gasteiger partial charge < -0.3 is 5.14 Å². The molecule has 0 saturated heterocycles. The number of carbonyl (C=O) groups excluding carboxylic acids is 1. The number of rotatable bonds is 1. The standard InChI is InChI=1S/C7H5NOS.K/c8-10-7(9)6-4-2-1-3-5-6;/h1-5H;/q-1;+1. The summed E-state index contributed by atoms with van der Waals surface area (Å²) in [7, 11) is 0. The van der Waals surface area contributed by atoms with Gasteiger partial charge in [0.05, 0.1) is 0 Å². The average molecular weight is 190 g/mol. The van der Waals surface area contributed by atoms with Crippen LogP contribution in [0.1, 0.15) is 10.4 Å². The van der Waals surface area contributed by atoms with Crippen LogP contribution in [-0.2, 0) is 0 Å². The minimum atomic E-state index is -0.319.